The molecule has 20 heavy (non-hydrogen) atoms. The Morgan fingerprint density at radius 2 is 2.00 bits per heavy atom. The Kier molecular flexibility index (Phi) is 5.34. The van der Waals surface area contributed by atoms with E-state index >= 15 is 0 Å². The van der Waals surface area contributed by atoms with E-state index in [2.05, 4.69) is 33.0 Å². The van der Waals surface area contributed by atoms with E-state index in [1.807, 2.05) is 12.3 Å². The Morgan fingerprint density at radius 1 is 1.40 bits per heavy atom. The molecule has 1 unspecified atom stereocenters. The molecule has 0 aliphatic rings. The topological polar surface area (TPSA) is 55.4 Å². The molecule has 0 spiro atoms. The molecule has 5 heteroatoms. The van der Waals surface area contributed by atoms with E-state index in [0.717, 1.165) is 5.56 Å². The molecule has 1 amide bonds. The molecule has 0 bridgehead atoms. The van der Waals surface area contributed by atoms with Gasteiger partial charge in [-0.1, -0.05) is 27.7 Å². The van der Waals surface area contributed by atoms with Gasteiger partial charge in [0.2, 0.25) is 5.91 Å². The minimum Gasteiger partial charge on any atom is -0.465 e. The molecule has 0 fully saturated rings. The molecule has 0 radical (unpaired) electrons. The highest BCUT2D eigenvalue weighted by molar-refractivity contribution is 7.12. The number of hydrogen-bond donors (Lipinski definition) is 1. The first kappa shape index (κ1) is 16.7. The summed E-state index contributed by atoms with van der Waals surface area (Å²) in [5.41, 5.74) is 1.53. The van der Waals surface area contributed by atoms with Gasteiger partial charge >= 0.3 is 5.97 Å². The first-order chi connectivity index (χ1) is 9.16. The van der Waals surface area contributed by atoms with Crippen molar-refractivity contribution in [1.29, 1.82) is 0 Å². The maximum Gasteiger partial charge on any atom is 0.350 e. The number of nitrogens with one attached hydrogen (secondary N) is 1. The minimum absolute atomic E-state index is 0.0703. The van der Waals surface area contributed by atoms with Crippen LogP contribution in [-0.2, 0) is 9.53 Å². The third kappa shape index (κ3) is 4.07. The predicted octanol–water partition coefficient (Wildman–Crippen LogP) is 3.85. The molecular weight excluding hydrogens is 274 g/mol. The molecule has 112 valence electrons. The molecule has 0 aliphatic heterocycles. The summed E-state index contributed by atoms with van der Waals surface area (Å²) in [6, 6.07) is 0. The summed E-state index contributed by atoms with van der Waals surface area (Å²) in [6.45, 7) is 10.3. The Hall–Kier alpha value is -1.36. The number of amides is 1. The van der Waals surface area contributed by atoms with Crippen molar-refractivity contribution in [2.45, 2.75) is 41.0 Å². The largest absolute Gasteiger partial charge is 0.465 e. The van der Waals surface area contributed by atoms with Gasteiger partial charge in [-0.25, -0.2) is 4.79 Å². The van der Waals surface area contributed by atoms with Gasteiger partial charge < -0.3 is 10.1 Å². The van der Waals surface area contributed by atoms with Crippen molar-refractivity contribution < 1.29 is 14.3 Å². The Morgan fingerprint density at radius 3 is 2.50 bits per heavy atom. The van der Waals surface area contributed by atoms with E-state index in [1.165, 1.54) is 18.4 Å². The second-order valence-electron chi connectivity index (χ2n) is 6.13. The molecule has 0 saturated heterocycles. The van der Waals surface area contributed by atoms with Gasteiger partial charge in [-0.15, -0.1) is 11.3 Å². The maximum absolute atomic E-state index is 12.1. The first-order valence-corrected chi connectivity index (χ1v) is 7.51. The van der Waals surface area contributed by atoms with Gasteiger partial charge in [0.05, 0.1) is 12.8 Å². The summed E-state index contributed by atoms with van der Waals surface area (Å²) in [6.07, 6.45) is 0.430. The molecule has 1 aromatic heterocycles. The van der Waals surface area contributed by atoms with Crippen LogP contribution in [0.5, 0.6) is 0 Å². The van der Waals surface area contributed by atoms with Gasteiger partial charge in [-0.05, 0) is 29.2 Å². The summed E-state index contributed by atoms with van der Waals surface area (Å²) in [7, 11) is 1.34. The molecule has 1 heterocycles. The second kappa shape index (κ2) is 6.39. The normalized spacial score (nSPS) is 12.9. The van der Waals surface area contributed by atoms with Crippen LogP contribution in [0.2, 0.25) is 0 Å². The quantitative estimate of drug-likeness (QED) is 0.859. The first-order valence-electron chi connectivity index (χ1n) is 6.63. The predicted molar refractivity (Wildman–Crippen MR) is 82.3 cm³/mol. The van der Waals surface area contributed by atoms with E-state index in [9.17, 15) is 9.59 Å². The van der Waals surface area contributed by atoms with Crippen LogP contribution < -0.4 is 5.32 Å². The van der Waals surface area contributed by atoms with Crippen molar-refractivity contribution in [3.05, 3.63) is 15.8 Å². The lowest BCUT2D eigenvalue weighted by Crippen LogP contribution is -2.24. The third-order valence-corrected chi connectivity index (χ3v) is 4.66. The van der Waals surface area contributed by atoms with Crippen LogP contribution in [0.3, 0.4) is 0 Å². The van der Waals surface area contributed by atoms with Crippen molar-refractivity contribution in [3.63, 3.8) is 0 Å². The highest BCUT2D eigenvalue weighted by atomic mass is 32.1. The fourth-order valence-corrected chi connectivity index (χ4v) is 2.54. The van der Waals surface area contributed by atoms with Crippen LogP contribution in [0.25, 0.3) is 0 Å². The zero-order valence-corrected chi connectivity index (χ0v) is 13.8. The molecule has 0 saturated carbocycles. The van der Waals surface area contributed by atoms with Crippen molar-refractivity contribution in [1.82, 2.24) is 0 Å². The molecule has 1 atom stereocenters. The number of methoxy groups -OCH3 is 1. The third-order valence-electron chi connectivity index (χ3n) is 3.58. The van der Waals surface area contributed by atoms with Crippen LogP contribution >= 0.6 is 11.3 Å². The fraction of sp³-hybridized carbons (Fsp3) is 0.600. The molecular formula is C15H23NO3S. The summed E-state index contributed by atoms with van der Waals surface area (Å²) < 4.78 is 4.73. The van der Waals surface area contributed by atoms with E-state index in [-0.39, 0.29) is 17.2 Å². The summed E-state index contributed by atoms with van der Waals surface area (Å²) in [5.74, 6) is -0.232. The van der Waals surface area contributed by atoms with Gasteiger partial charge in [0.1, 0.15) is 4.88 Å². The molecule has 1 rings (SSSR count). The minimum atomic E-state index is -0.415. The van der Waals surface area contributed by atoms with Crippen molar-refractivity contribution in [3.8, 4) is 0 Å². The number of aryl methyl sites for hydroxylation is 1. The molecule has 0 aliphatic carbocycles. The zero-order chi connectivity index (χ0) is 15.5. The zero-order valence-electron chi connectivity index (χ0n) is 13.0. The van der Waals surface area contributed by atoms with E-state index in [0.29, 0.717) is 17.0 Å². The smallest absolute Gasteiger partial charge is 0.350 e. The second-order valence-corrected chi connectivity index (χ2v) is 7.01. The van der Waals surface area contributed by atoms with E-state index in [1.54, 1.807) is 0 Å². The Bertz CT molecular complexity index is 500. The fourth-order valence-electron chi connectivity index (χ4n) is 1.62. The van der Waals surface area contributed by atoms with Crippen molar-refractivity contribution >= 4 is 28.9 Å². The number of ether oxygens (including phenoxy) is 1. The number of esters is 1. The number of carbonyl (C=O) groups excluding carboxylic acids is 2. The van der Waals surface area contributed by atoms with Gasteiger partial charge in [-0.3, -0.25) is 4.79 Å². The number of thiophene rings is 1. The Balaban J connectivity index is 2.81. The lowest BCUT2D eigenvalue weighted by molar-refractivity contribution is -0.117. The highest BCUT2D eigenvalue weighted by Crippen LogP contribution is 2.31. The molecule has 1 N–H and O–H groups in total. The van der Waals surface area contributed by atoms with Crippen molar-refractivity contribution in [2.24, 2.45) is 11.3 Å². The van der Waals surface area contributed by atoms with Gasteiger partial charge in [-0.2, -0.15) is 0 Å². The van der Waals surface area contributed by atoms with Crippen LogP contribution in [-0.4, -0.2) is 19.0 Å². The molecule has 0 aromatic carbocycles. The summed E-state index contributed by atoms with van der Waals surface area (Å²) in [4.78, 5) is 24.2. The van der Waals surface area contributed by atoms with Crippen LogP contribution in [0.1, 0.15) is 49.4 Å². The van der Waals surface area contributed by atoms with Crippen molar-refractivity contribution in [2.75, 3.05) is 12.4 Å². The average Bonchev–Trinajstić information content (AvgIpc) is 2.69. The highest BCUT2D eigenvalue weighted by Gasteiger charge is 2.24. The van der Waals surface area contributed by atoms with Gasteiger partial charge in [0, 0.05) is 6.42 Å². The van der Waals surface area contributed by atoms with Crippen LogP contribution in [0.15, 0.2) is 5.38 Å². The Labute approximate surface area is 124 Å². The van der Waals surface area contributed by atoms with E-state index < -0.39 is 5.97 Å². The molecule has 1 aromatic rings. The summed E-state index contributed by atoms with van der Waals surface area (Å²) in [5, 5.41) is 4.69. The van der Waals surface area contributed by atoms with Crippen LogP contribution in [0.4, 0.5) is 5.69 Å². The SMILES string of the molecule is COC(=O)c1scc(C)c1NC(=O)CC(C)C(C)(C)C. The number of carbonyl (C=O) groups is 2. The number of rotatable bonds is 4. The summed E-state index contributed by atoms with van der Waals surface area (Å²) >= 11 is 1.29. The standard InChI is InChI=1S/C15H23NO3S/c1-9-8-20-13(14(18)19-6)12(9)16-11(17)7-10(2)15(3,4)5/h8,10H,7H2,1-6H3,(H,16,17). The van der Waals surface area contributed by atoms with Gasteiger partial charge in [0.15, 0.2) is 0 Å². The number of anilines is 1. The average molecular weight is 297 g/mol. The monoisotopic (exact) mass is 297 g/mol. The number of hydrogen-bond acceptors (Lipinski definition) is 4. The lowest BCUT2D eigenvalue weighted by Gasteiger charge is -2.26. The molecule has 4 nitrogen and oxygen atoms in total. The van der Waals surface area contributed by atoms with Gasteiger partial charge in [0.25, 0.3) is 0 Å². The maximum atomic E-state index is 12.1. The van der Waals surface area contributed by atoms with E-state index in [4.69, 9.17) is 4.74 Å². The van der Waals surface area contributed by atoms with Crippen LogP contribution in [0, 0.1) is 18.3 Å². The lowest BCUT2D eigenvalue weighted by atomic mass is 9.80.